The van der Waals surface area contributed by atoms with E-state index in [0.717, 1.165) is 28.3 Å². The zero-order chi connectivity index (χ0) is 24.4. The Morgan fingerprint density at radius 1 is 0.914 bits per heavy atom. The van der Waals surface area contributed by atoms with E-state index >= 15 is 0 Å². The van der Waals surface area contributed by atoms with Gasteiger partial charge < -0.3 is 9.64 Å². The molecule has 4 aromatic carbocycles. The normalized spacial score (nSPS) is 14.7. The highest BCUT2D eigenvalue weighted by atomic mass is 32.2. The van der Waals surface area contributed by atoms with Crippen molar-refractivity contribution in [3.8, 4) is 5.75 Å². The zero-order valence-electron chi connectivity index (χ0n) is 19.5. The van der Waals surface area contributed by atoms with Crippen molar-refractivity contribution in [3.05, 3.63) is 107 Å². The van der Waals surface area contributed by atoms with Crippen LogP contribution >= 0.6 is 24.0 Å². The summed E-state index contributed by atoms with van der Waals surface area (Å²) in [5.74, 6) is 0.600. The van der Waals surface area contributed by atoms with Crippen LogP contribution in [0, 0.1) is 0 Å². The number of fused-ring (bicyclic) bond motifs is 1. The number of anilines is 2. The quantitative estimate of drug-likeness (QED) is 0.214. The number of thiocarbonyl (C=S) groups is 1. The van der Waals surface area contributed by atoms with Crippen LogP contribution in [-0.4, -0.2) is 24.3 Å². The highest BCUT2D eigenvalue weighted by molar-refractivity contribution is 8.27. The molecule has 1 aliphatic rings. The minimum atomic E-state index is -0.124. The number of carbonyl (C=O) groups excluding carboxylic acids is 1. The maximum Gasteiger partial charge on any atom is 0.270 e. The van der Waals surface area contributed by atoms with Crippen molar-refractivity contribution in [3.63, 3.8) is 0 Å². The van der Waals surface area contributed by atoms with Gasteiger partial charge in [0.1, 0.15) is 12.4 Å². The maximum absolute atomic E-state index is 13.3. The minimum absolute atomic E-state index is 0.124. The van der Waals surface area contributed by atoms with Gasteiger partial charge in [-0.3, -0.25) is 9.69 Å². The number of ether oxygens (including phenoxy) is 1. The van der Waals surface area contributed by atoms with Gasteiger partial charge in [0.05, 0.1) is 10.6 Å². The lowest BCUT2D eigenvalue weighted by molar-refractivity contribution is -0.113. The van der Waals surface area contributed by atoms with Crippen LogP contribution in [0.25, 0.3) is 16.8 Å². The largest absolute Gasteiger partial charge is 0.488 e. The Morgan fingerprint density at radius 3 is 2.43 bits per heavy atom. The van der Waals surface area contributed by atoms with Gasteiger partial charge in [-0.25, -0.2) is 0 Å². The molecule has 5 rings (SSSR count). The molecule has 1 heterocycles. The summed E-state index contributed by atoms with van der Waals surface area (Å²) in [6.07, 6.45) is 1.87. The summed E-state index contributed by atoms with van der Waals surface area (Å²) in [4.78, 5) is 17.5. The third kappa shape index (κ3) is 4.81. The third-order valence-electron chi connectivity index (χ3n) is 5.89. The van der Waals surface area contributed by atoms with Crippen LogP contribution in [0.2, 0.25) is 0 Å². The first-order valence-corrected chi connectivity index (χ1v) is 12.5. The van der Waals surface area contributed by atoms with Gasteiger partial charge in [-0.2, -0.15) is 0 Å². The fraction of sp³-hybridized carbons (Fsp3) is 0.103. The number of amides is 1. The molecule has 0 aromatic heterocycles. The SMILES string of the molecule is CN(C)c1ccc(N2C(=O)/C(=C\c3ccccc3OCc3cccc4ccccc34)SC2=S)cc1. The van der Waals surface area contributed by atoms with Crippen LogP contribution in [0.3, 0.4) is 0 Å². The van der Waals surface area contributed by atoms with Crippen molar-refractivity contribution in [2.75, 3.05) is 23.9 Å². The number of para-hydroxylation sites is 1. The first kappa shape index (κ1) is 23.1. The van der Waals surface area contributed by atoms with Crippen LogP contribution in [0.4, 0.5) is 11.4 Å². The molecule has 0 saturated carbocycles. The van der Waals surface area contributed by atoms with Gasteiger partial charge in [0.15, 0.2) is 4.32 Å². The smallest absolute Gasteiger partial charge is 0.270 e. The number of carbonyl (C=O) groups is 1. The average molecular weight is 497 g/mol. The first-order chi connectivity index (χ1) is 17.0. The molecule has 35 heavy (non-hydrogen) atoms. The highest BCUT2D eigenvalue weighted by Crippen LogP contribution is 2.37. The van der Waals surface area contributed by atoms with Gasteiger partial charge in [0.25, 0.3) is 5.91 Å². The summed E-state index contributed by atoms with van der Waals surface area (Å²) in [6.45, 7) is 0.436. The summed E-state index contributed by atoms with van der Waals surface area (Å²) in [6, 6.07) is 30.1. The summed E-state index contributed by atoms with van der Waals surface area (Å²) < 4.78 is 6.76. The standard InChI is InChI=1S/C29H24N2O2S2/c1-30(2)23-14-16-24(17-15-23)31-28(32)27(35-29(31)34)18-21-9-4-6-13-26(21)33-19-22-11-7-10-20-8-3-5-12-25(20)22/h3-18H,19H2,1-2H3/b27-18+. The lowest BCUT2D eigenvalue weighted by Gasteiger charge is -2.17. The molecule has 1 saturated heterocycles. The molecule has 1 fully saturated rings. The van der Waals surface area contributed by atoms with E-state index in [2.05, 4.69) is 24.3 Å². The number of hydrogen-bond donors (Lipinski definition) is 0. The number of thioether (sulfide) groups is 1. The van der Waals surface area contributed by atoms with E-state index in [1.807, 2.05) is 91.8 Å². The van der Waals surface area contributed by atoms with Crippen molar-refractivity contribution < 1.29 is 9.53 Å². The van der Waals surface area contributed by atoms with Gasteiger partial charge in [0, 0.05) is 25.3 Å². The Bertz CT molecular complexity index is 1440. The minimum Gasteiger partial charge on any atom is -0.488 e. The Kier molecular flexibility index (Phi) is 6.57. The van der Waals surface area contributed by atoms with E-state index in [-0.39, 0.29) is 5.91 Å². The van der Waals surface area contributed by atoms with Gasteiger partial charge >= 0.3 is 0 Å². The fourth-order valence-electron chi connectivity index (χ4n) is 4.04. The van der Waals surface area contributed by atoms with Crippen molar-refractivity contribution in [1.29, 1.82) is 0 Å². The zero-order valence-corrected chi connectivity index (χ0v) is 21.1. The molecule has 0 atom stereocenters. The van der Waals surface area contributed by atoms with Crippen molar-refractivity contribution in [2.45, 2.75) is 6.61 Å². The number of hydrogen-bond acceptors (Lipinski definition) is 5. The topological polar surface area (TPSA) is 32.8 Å². The van der Waals surface area contributed by atoms with E-state index < -0.39 is 0 Å². The predicted molar refractivity (Wildman–Crippen MR) is 151 cm³/mol. The van der Waals surface area contributed by atoms with Crippen LogP contribution in [0.15, 0.2) is 95.9 Å². The molecule has 174 valence electrons. The van der Waals surface area contributed by atoms with Crippen LogP contribution < -0.4 is 14.5 Å². The average Bonchev–Trinajstić information content (AvgIpc) is 3.15. The highest BCUT2D eigenvalue weighted by Gasteiger charge is 2.33. The number of nitrogens with zero attached hydrogens (tertiary/aromatic N) is 2. The van der Waals surface area contributed by atoms with Crippen LogP contribution in [-0.2, 0) is 11.4 Å². The summed E-state index contributed by atoms with van der Waals surface area (Å²) >= 11 is 6.87. The van der Waals surface area contributed by atoms with Gasteiger partial charge in [-0.05, 0) is 52.7 Å². The predicted octanol–water partition coefficient (Wildman–Crippen LogP) is 6.89. The summed E-state index contributed by atoms with van der Waals surface area (Å²) in [5.41, 5.74) is 3.79. The molecule has 4 nitrogen and oxygen atoms in total. The third-order valence-corrected chi connectivity index (χ3v) is 7.19. The molecule has 0 aliphatic carbocycles. The Balaban J connectivity index is 1.38. The molecule has 0 radical (unpaired) electrons. The number of benzene rings is 4. The van der Waals surface area contributed by atoms with Crippen molar-refractivity contribution >= 4 is 62.4 Å². The summed E-state index contributed by atoms with van der Waals surface area (Å²) in [5, 5.41) is 2.36. The molecule has 0 spiro atoms. The van der Waals surface area contributed by atoms with Gasteiger partial charge in [0.2, 0.25) is 0 Å². The molecule has 6 heteroatoms. The van der Waals surface area contributed by atoms with Crippen LogP contribution in [0.5, 0.6) is 5.75 Å². The molecule has 1 amide bonds. The van der Waals surface area contributed by atoms with Crippen LogP contribution in [0.1, 0.15) is 11.1 Å². The second-order valence-electron chi connectivity index (χ2n) is 8.39. The van der Waals surface area contributed by atoms with E-state index in [1.54, 1.807) is 4.90 Å². The molecule has 0 bridgehead atoms. The van der Waals surface area contributed by atoms with E-state index in [4.69, 9.17) is 17.0 Å². The summed E-state index contributed by atoms with van der Waals surface area (Å²) in [7, 11) is 3.97. The van der Waals surface area contributed by atoms with Crippen molar-refractivity contribution in [2.24, 2.45) is 0 Å². The Hall–Kier alpha value is -3.61. The molecule has 1 aliphatic heterocycles. The molecule has 4 aromatic rings. The Labute approximate surface area is 214 Å². The van der Waals surface area contributed by atoms with Crippen molar-refractivity contribution in [1.82, 2.24) is 0 Å². The maximum atomic E-state index is 13.3. The first-order valence-electron chi connectivity index (χ1n) is 11.2. The fourth-order valence-corrected chi connectivity index (χ4v) is 5.33. The monoisotopic (exact) mass is 496 g/mol. The van der Waals surface area contributed by atoms with E-state index in [1.165, 1.54) is 22.5 Å². The second kappa shape index (κ2) is 9.94. The lowest BCUT2D eigenvalue weighted by Crippen LogP contribution is -2.27. The molecule has 0 unspecified atom stereocenters. The molecular formula is C29H24N2O2S2. The molecule has 0 N–H and O–H groups in total. The molecular weight excluding hydrogens is 472 g/mol. The van der Waals surface area contributed by atoms with E-state index in [0.29, 0.717) is 15.8 Å². The lowest BCUT2D eigenvalue weighted by atomic mass is 10.1. The Morgan fingerprint density at radius 2 is 1.63 bits per heavy atom. The van der Waals surface area contributed by atoms with E-state index in [9.17, 15) is 4.79 Å². The van der Waals surface area contributed by atoms with Gasteiger partial charge in [-0.1, -0.05) is 84.6 Å². The number of rotatable bonds is 6. The second-order valence-corrected chi connectivity index (χ2v) is 10.1. The van der Waals surface area contributed by atoms with Gasteiger partial charge in [-0.15, -0.1) is 0 Å².